The van der Waals surface area contributed by atoms with Gasteiger partial charge in [0.25, 0.3) is 0 Å². The average Bonchev–Trinajstić information content (AvgIpc) is 2.59. The summed E-state index contributed by atoms with van der Waals surface area (Å²) in [4.78, 5) is 2.63. The first-order valence-electron chi connectivity index (χ1n) is 5.63. The van der Waals surface area contributed by atoms with Gasteiger partial charge in [0.1, 0.15) is 0 Å². The van der Waals surface area contributed by atoms with Crippen LogP contribution in [0.4, 0.5) is 0 Å². The molecule has 0 aliphatic carbocycles. The van der Waals surface area contributed by atoms with Gasteiger partial charge in [0.2, 0.25) is 0 Å². The number of fused-ring (bicyclic) bond motifs is 1. The molecule has 13 heavy (non-hydrogen) atoms. The number of hydrogen-bond donors (Lipinski definition) is 0. The van der Waals surface area contributed by atoms with E-state index >= 15 is 0 Å². The van der Waals surface area contributed by atoms with E-state index in [-0.39, 0.29) is 0 Å². The molecule has 0 radical (unpaired) electrons. The van der Waals surface area contributed by atoms with E-state index in [4.69, 9.17) is 4.74 Å². The lowest BCUT2D eigenvalue weighted by atomic mass is 9.90. The van der Waals surface area contributed by atoms with E-state index in [0.717, 1.165) is 37.6 Å². The summed E-state index contributed by atoms with van der Waals surface area (Å²) in [5.74, 6) is 1.82. The van der Waals surface area contributed by atoms with Crippen molar-refractivity contribution in [1.29, 1.82) is 0 Å². The normalized spacial score (nSPS) is 37.4. The fraction of sp³-hybridized carbons (Fsp3) is 1.00. The van der Waals surface area contributed by atoms with Crippen LogP contribution in [0.3, 0.4) is 0 Å². The fourth-order valence-corrected chi connectivity index (χ4v) is 2.62. The van der Waals surface area contributed by atoms with Crippen LogP contribution in [-0.4, -0.2) is 37.2 Å². The van der Waals surface area contributed by atoms with Crippen molar-refractivity contribution in [3.63, 3.8) is 0 Å². The maximum atomic E-state index is 5.50. The number of hydrogen-bond acceptors (Lipinski definition) is 2. The summed E-state index contributed by atoms with van der Waals surface area (Å²) in [6.45, 7) is 9.11. The maximum Gasteiger partial charge on any atom is 0.0622 e. The summed E-state index contributed by atoms with van der Waals surface area (Å²) in [6.07, 6.45) is 2.70. The third-order valence-corrected chi connectivity index (χ3v) is 3.84. The third-order valence-electron chi connectivity index (χ3n) is 3.84. The highest BCUT2D eigenvalue weighted by molar-refractivity contribution is 4.88. The van der Waals surface area contributed by atoms with Gasteiger partial charge >= 0.3 is 0 Å². The van der Waals surface area contributed by atoms with Crippen LogP contribution in [0.25, 0.3) is 0 Å². The minimum absolute atomic E-state index is 0.743. The van der Waals surface area contributed by atoms with Crippen molar-refractivity contribution in [2.75, 3.05) is 26.3 Å². The predicted molar refractivity (Wildman–Crippen MR) is 53.7 cm³/mol. The van der Waals surface area contributed by atoms with Gasteiger partial charge in [-0.2, -0.15) is 0 Å². The zero-order chi connectivity index (χ0) is 9.26. The molecule has 2 nitrogen and oxygen atoms in total. The molecule has 3 unspecified atom stereocenters. The van der Waals surface area contributed by atoms with Crippen LogP contribution in [0.1, 0.15) is 26.7 Å². The second-order valence-electron chi connectivity index (χ2n) is 4.60. The Hall–Kier alpha value is -0.0800. The Morgan fingerprint density at radius 1 is 1.54 bits per heavy atom. The minimum Gasteiger partial charge on any atom is -0.378 e. The molecule has 0 N–H and O–H groups in total. The molecule has 2 heteroatoms. The second kappa shape index (κ2) is 3.97. The zero-order valence-electron chi connectivity index (χ0n) is 8.83. The molecular weight excluding hydrogens is 162 g/mol. The van der Waals surface area contributed by atoms with Crippen molar-refractivity contribution < 1.29 is 4.74 Å². The summed E-state index contributed by atoms with van der Waals surface area (Å²) in [6, 6.07) is 0.743. The molecule has 2 rings (SSSR count). The Morgan fingerprint density at radius 3 is 3.08 bits per heavy atom. The maximum absolute atomic E-state index is 5.50. The highest BCUT2D eigenvalue weighted by Gasteiger charge is 2.35. The van der Waals surface area contributed by atoms with Crippen LogP contribution in [-0.2, 0) is 4.74 Å². The first-order valence-corrected chi connectivity index (χ1v) is 5.63. The van der Waals surface area contributed by atoms with E-state index in [2.05, 4.69) is 18.7 Å². The van der Waals surface area contributed by atoms with Crippen molar-refractivity contribution in [1.82, 2.24) is 4.90 Å². The van der Waals surface area contributed by atoms with Gasteiger partial charge in [-0.3, -0.25) is 4.90 Å². The molecule has 2 heterocycles. The van der Waals surface area contributed by atoms with Gasteiger partial charge < -0.3 is 4.74 Å². The summed E-state index contributed by atoms with van der Waals surface area (Å²) in [5.41, 5.74) is 0. The highest BCUT2D eigenvalue weighted by Crippen LogP contribution is 2.31. The van der Waals surface area contributed by atoms with E-state index in [0.29, 0.717) is 0 Å². The van der Waals surface area contributed by atoms with Crippen molar-refractivity contribution in [2.24, 2.45) is 11.8 Å². The molecule has 0 bridgehead atoms. The lowest BCUT2D eigenvalue weighted by Crippen LogP contribution is -2.40. The molecule has 0 amide bonds. The van der Waals surface area contributed by atoms with E-state index in [9.17, 15) is 0 Å². The topological polar surface area (TPSA) is 12.5 Å². The Labute approximate surface area is 81.3 Å². The Kier molecular flexibility index (Phi) is 2.89. The molecule has 0 aromatic carbocycles. The number of ether oxygens (including phenoxy) is 1. The molecule has 0 spiro atoms. The fourth-order valence-electron chi connectivity index (χ4n) is 2.62. The molecule has 2 aliphatic rings. The monoisotopic (exact) mass is 183 g/mol. The molecule has 76 valence electrons. The van der Waals surface area contributed by atoms with E-state index < -0.39 is 0 Å². The Morgan fingerprint density at radius 2 is 2.38 bits per heavy atom. The first-order chi connectivity index (χ1) is 6.31. The Bertz CT molecular complexity index is 157. The van der Waals surface area contributed by atoms with Gasteiger partial charge in [0.05, 0.1) is 13.2 Å². The quantitative estimate of drug-likeness (QED) is 0.646. The standard InChI is InChI=1S/C11H21NO/c1-3-9(2)10-6-11-8-13-5-4-12(11)7-10/h9-11H,3-8H2,1-2H3. The summed E-state index contributed by atoms with van der Waals surface area (Å²) < 4.78 is 5.50. The zero-order valence-corrected chi connectivity index (χ0v) is 8.83. The summed E-state index contributed by atoms with van der Waals surface area (Å²) >= 11 is 0. The van der Waals surface area contributed by atoms with Gasteiger partial charge in [-0.05, 0) is 18.3 Å². The second-order valence-corrected chi connectivity index (χ2v) is 4.60. The van der Waals surface area contributed by atoms with E-state index in [1.165, 1.54) is 19.4 Å². The molecule has 2 aliphatic heterocycles. The lowest BCUT2D eigenvalue weighted by molar-refractivity contribution is 0.0127. The molecule has 2 fully saturated rings. The predicted octanol–water partition coefficient (Wildman–Crippen LogP) is 1.75. The van der Waals surface area contributed by atoms with Gasteiger partial charge in [-0.15, -0.1) is 0 Å². The molecular formula is C11H21NO. The summed E-state index contributed by atoms with van der Waals surface area (Å²) in [7, 11) is 0. The van der Waals surface area contributed by atoms with Crippen molar-refractivity contribution in [2.45, 2.75) is 32.7 Å². The van der Waals surface area contributed by atoms with Crippen molar-refractivity contribution in [3.8, 4) is 0 Å². The van der Waals surface area contributed by atoms with Gasteiger partial charge in [-0.1, -0.05) is 20.3 Å². The summed E-state index contributed by atoms with van der Waals surface area (Å²) in [5, 5.41) is 0. The van der Waals surface area contributed by atoms with E-state index in [1.54, 1.807) is 0 Å². The van der Waals surface area contributed by atoms with Crippen LogP contribution in [0.2, 0.25) is 0 Å². The van der Waals surface area contributed by atoms with Crippen LogP contribution in [0, 0.1) is 11.8 Å². The minimum atomic E-state index is 0.743. The number of morpholine rings is 1. The molecule has 0 aromatic heterocycles. The van der Waals surface area contributed by atoms with Gasteiger partial charge in [0.15, 0.2) is 0 Å². The molecule has 2 saturated heterocycles. The lowest BCUT2D eigenvalue weighted by Gasteiger charge is -2.28. The van der Waals surface area contributed by atoms with Crippen molar-refractivity contribution in [3.05, 3.63) is 0 Å². The molecule has 0 aromatic rings. The van der Waals surface area contributed by atoms with Crippen LogP contribution in [0.5, 0.6) is 0 Å². The smallest absolute Gasteiger partial charge is 0.0622 e. The third kappa shape index (κ3) is 1.89. The van der Waals surface area contributed by atoms with Crippen LogP contribution in [0.15, 0.2) is 0 Å². The van der Waals surface area contributed by atoms with Crippen LogP contribution >= 0.6 is 0 Å². The van der Waals surface area contributed by atoms with E-state index in [1.807, 2.05) is 0 Å². The van der Waals surface area contributed by atoms with Gasteiger partial charge in [0, 0.05) is 19.1 Å². The number of nitrogens with zero attached hydrogens (tertiary/aromatic N) is 1. The highest BCUT2D eigenvalue weighted by atomic mass is 16.5. The number of rotatable bonds is 2. The first kappa shape index (κ1) is 9.47. The SMILES string of the molecule is CCC(C)C1CC2COCCN2C1. The van der Waals surface area contributed by atoms with Crippen LogP contribution < -0.4 is 0 Å². The average molecular weight is 183 g/mol. The van der Waals surface area contributed by atoms with Crippen molar-refractivity contribution >= 4 is 0 Å². The Balaban J connectivity index is 1.91. The van der Waals surface area contributed by atoms with Gasteiger partial charge in [-0.25, -0.2) is 0 Å². The largest absolute Gasteiger partial charge is 0.378 e. The molecule has 0 saturated carbocycles. The molecule has 3 atom stereocenters.